The maximum Gasteiger partial charge on any atom is 0.0530 e. The Kier molecular flexibility index (Phi) is 20.4. The van der Waals surface area contributed by atoms with E-state index in [1.807, 2.05) is 0 Å². The molecule has 1 heterocycles. The standard InChI is InChI=1S/C27H57N3S3/c1-7-25(8-2)19-31-16-13-28-22-29(14-17-32-20-26(9-3)10-4)24-30(23-28)15-18-33-21-27(11-5)12-6/h25-27H,7-24H2,1-6H3. The minimum absolute atomic E-state index is 0.906. The molecule has 0 N–H and O–H groups in total. The molecule has 0 saturated carbocycles. The number of hydrogen-bond acceptors (Lipinski definition) is 6. The van der Waals surface area contributed by atoms with Crippen LogP contribution in [0.4, 0.5) is 0 Å². The second-order valence-electron chi connectivity index (χ2n) is 9.88. The molecule has 0 amide bonds. The van der Waals surface area contributed by atoms with Crippen molar-refractivity contribution in [3.63, 3.8) is 0 Å². The number of rotatable bonds is 21. The molecule has 0 radical (unpaired) electrons. The summed E-state index contributed by atoms with van der Waals surface area (Å²) in [6.07, 6.45) is 7.99. The molecular formula is C27H57N3S3. The molecule has 0 aromatic heterocycles. The maximum absolute atomic E-state index is 2.71. The summed E-state index contributed by atoms with van der Waals surface area (Å²) >= 11 is 6.54. The Morgan fingerprint density at radius 3 is 0.909 bits per heavy atom. The largest absolute Gasteiger partial charge is 0.277 e. The van der Waals surface area contributed by atoms with Crippen LogP contribution in [0, 0.1) is 17.8 Å². The smallest absolute Gasteiger partial charge is 0.0530 e. The Morgan fingerprint density at radius 2 is 0.697 bits per heavy atom. The normalized spacial score (nSPS) is 16.6. The molecule has 1 saturated heterocycles. The summed E-state index contributed by atoms with van der Waals surface area (Å²) in [5.74, 6) is 10.6. The second-order valence-corrected chi connectivity index (χ2v) is 13.3. The van der Waals surface area contributed by atoms with Crippen LogP contribution in [-0.2, 0) is 0 Å². The van der Waals surface area contributed by atoms with E-state index in [9.17, 15) is 0 Å². The molecule has 1 aliphatic heterocycles. The molecule has 0 aliphatic carbocycles. The summed E-state index contributed by atoms with van der Waals surface area (Å²) < 4.78 is 0. The van der Waals surface area contributed by atoms with Gasteiger partial charge in [0.15, 0.2) is 0 Å². The first-order valence-corrected chi connectivity index (χ1v) is 17.5. The Balaban J connectivity index is 2.44. The van der Waals surface area contributed by atoms with Crippen molar-refractivity contribution >= 4 is 35.3 Å². The van der Waals surface area contributed by atoms with E-state index in [4.69, 9.17) is 0 Å². The molecule has 6 heteroatoms. The lowest BCUT2D eigenvalue weighted by molar-refractivity contribution is -0.0195. The molecule has 1 fully saturated rings. The van der Waals surface area contributed by atoms with Crippen LogP contribution in [0.15, 0.2) is 0 Å². The van der Waals surface area contributed by atoms with E-state index in [0.717, 1.165) is 37.8 Å². The quantitative estimate of drug-likeness (QED) is 0.146. The van der Waals surface area contributed by atoms with Gasteiger partial charge < -0.3 is 0 Å². The SMILES string of the molecule is CCC(CC)CSCCN1CN(CCSCC(CC)CC)CN(CCSCC(CC)CC)C1. The van der Waals surface area contributed by atoms with Gasteiger partial charge in [0.25, 0.3) is 0 Å². The average molecular weight is 520 g/mol. The van der Waals surface area contributed by atoms with Crippen LogP contribution >= 0.6 is 35.3 Å². The van der Waals surface area contributed by atoms with Crippen LogP contribution in [0.3, 0.4) is 0 Å². The van der Waals surface area contributed by atoms with Crippen LogP contribution in [0.2, 0.25) is 0 Å². The van der Waals surface area contributed by atoms with Gasteiger partial charge >= 0.3 is 0 Å². The third kappa shape index (κ3) is 14.9. The zero-order valence-electron chi connectivity index (χ0n) is 23.0. The minimum atomic E-state index is 0.906. The molecule has 3 nitrogen and oxygen atoms in total. The Labute approximate surface area is 221 Å². The number of thioether (sulfide) groups is 3. The topological polar surface area (TPSA) is 9.72 Å². The Morgan fingerprint density at radius 1 is 0.455 bits per heavy atom. The van der Waals surface area contributed by atoms with Crippen molar-refractivity contribution < 1.29 is 0 Å². The number of nitrogens with zero attached hydrogens (tertiary/aromatic N) is 3. The van der Waals surface area contributed by atoms with Crippen molar-refractivity contribution in [2.45, 2.75) is 80.1 Å². The molecule has 1 rings (SSSR count). The van der Waals surface area contributed by atoms with E-state index in [0.29, 0.717) is 0 Å². The molecule has 1 aliphatic rings. The first-order chi connectivity index (χ1) is 16.1. The molecule has 0 bridgehead atoms. The van der Waals surface area contributed by atoms with Crippen molar-refractivity contribution in [3.8, 4) is 0 Å². The van der Waals surface area contributed by atoms with E-state index in [1.54, 1.807) is 0 Å². The fourth-order valence-corrected chi connectivity index (χ4v) is 8.39. The van der Waals surface area contributed by atoms with Gasteiger partial charge in [-0.15, -0.1) is 0 Å². The van der Waals surface area contributed by atoms with E-state index in [2.05, 4.69) is 91.5 Å². The lowest BCUT2D eigenvalue weighted by Gasteiger charge is -2.42. The van der Waals surface area contributed by atoms with E-state index < -0.39 is 0 Å². The van der Waals surface area contributed by atoms with Crippen LogP contribution in [0.1, 0.15) is 80.1 Å². The molecule has 33 heavy (non-hydrogen) atoms. The predicted octanol–water partition coefficient (Wildman–Crippen LogP) is 7.29. The van der Waals surface area contributed by atoms with Crippen LogP contribution < -0.4 is 0 Å². The van der Waals surface area contributed by atoms with Gasteiger partial charge in [0.1, 0.15) is 0 Å². The van der Waals surface area contributed by atoms with E-state index in [1.165, 1.54) is 92.7 Å². The van der Waals surface area contributed by atoms with Crippen molar-refractivity contribution in [1.29, 1.82) is 0 Å². The van der Waals surface area contributed by atoms with E-state index in [-0.39, 0.29) is 0 Å². The zero-order chi connectivity index (χ0) is 24.3. The highest BCUT2D eigenvalue weighted by atomic mass is 32.2. The van der Waals surface area contributed by atoms with Gasteiger partial charge in [-0.3, -0.25) is 14.7 Å². The molecule has 198 valence electrons. The predicted molar refractivity (Wildman–Crippen MR) is 159 cm³/mol. The third-order valence-electron chi connectivity index (χ3n) is 7.38. The summed E-state index contributed by atoms with van der Waals surface area (Å²) in [4.78, 5) is 8.13. The highest BCUT2D eigenvalue weighted by Crippen LogP contribution is 2.19. The second kappa shape index (κ2) is 21.1. The van der Waals surface area contributed by atoms with Gasteiger partial charge in [0, 0.05) is 36.9 Å². The average Bonchev–Trinajstić information content (AvgIpc) is 2.84. The first kappa shape index (κ1) is 32.0. The fraction of sp³-hybridized carbons (Fsp3) is 1.00. The highest BCUT2D eigenvalue weighted by molar-refractivity contribution is 7.99. The Hall–Kier alpha value is 0.930. The summed E-state index contributed by atoms with van der Waals surface area (Å²) in [5.41, 5.74) is 0. The third-order valence-corrected chi connectivity index (χ3v) is 10.9. The van der Waals surface area contributed by atoms with Crippen LogP contribution in [0.25, 0.3) is 0 Å². The molecular weight excluding hydrogens is 463 g/mol. The molecule has 0 aromatic rings. The molecule has 0 spiro atoms. The molecule has 0 atom stereocenters. The first-order valence-electron chi connectivity index (χ1n) is 14.0. The van der Waals surface area contributed by atoms with Crippen LogP contribution in [0.5, 0.6) is 0 Å². The van der Waals surface area contributed by atoms with Gasteiger partial charge in [-0.05, 0) is 35.0 Å². The lowest BCUT2D eigenvalue weighted by atomic mass is 10.1. The zero-order valence-corrected chi connectivity index (χ0v) is 25.5. The lowest BCUT2D eigenvalue weighted by Crippen LogP contribution is -2.56. The highest BCUT2D eigenvalue weighted by Gasteiger charge is 2.23. The van der Waals surface area contributed by atoms with Crippen molar-refractivity contribution in [2.75, 3.05) is 74.2 Å². The number of hydrogen-bond donors (Lipinski definition) is 0. The van der Waals surface area contributed by atoms with Gasteiger partial charge in [-0.25, -0.2) is 0 Å². The van der Waals surface area contributed by atoms with Crippen LogP contribution in [-0.4, -0.2) is 88.9 Å². The summed E-state index contributed by atoms with van der Waals surface area (Å²) in [6, 6.07) is 0. The molecule has 0 unspecified atom stereocenters. The fourth-order valence-electron chi connectivity index (χ4n) is 4.31. The summed E-state index contributed by atoms with van der Waals surface area (Å²) in [5, 5.41) is 0. The van der Waals surface area contributed by atoms with Crippen molar-refractivity contribution in [3.05, 3.63) is 0 Å². The van der Waals surface area contributed by atoms with Crippen molar-refractivity contribution in [2.24, 2.45) is 17.8 Å². The van der Waals surface area contributed by atoms with E-state index >= 15 is 0 Å². The van der Waals surface area contributed by atoms with Gasteiger partial charge in [-0.2, -0.15) is 35.3 Å². The van der Waals surface area contributed by atoms with Gasteiger partial charge in [0.05, 0.1) is 20.0 Å². The Bertz CT molecular complexity index is 361. The summed E-state index contributed by atoms with van der Waals surface area (Å²) in [7, 11) is 0. The van der Waals surface area contributed by atoms with Gasteiger partial charge in [0.2, 0.25) is 0 Å². The summed E-state index contributed by atoms with van der Waals surface area (Å²) in [6.45, 7) is 21.3. The van der Waals surface area contributed by atoms with Gasteiger partial charge in [-0.1, -0.05) is 80.1 Å². The molecule has 0 aromatic carbocycles. The monoisotopic (exact) mass is 519 g/mol. The minimum Gasteiger partial charge on any atom is -0.277 e. The maximum atomic E-state index is 2.71. The van der Waals surface area contributed by atoms with Crippen molar-refractivity contribution in [1.82, 2.24) is 14.7 Å².